The minimum atomic E-state index is -1.32. The number of halogens is 2. The van der Waals surface area contributed by atoms with Gasteiger partial charge in [-0.2, -0.15) is 0 Å². The SMILES string of the molecule is CCCCCCCCC.CN1COCC2CN(c3c(F)cc4c(=O)c(C(=O)O)cn(C5CC5)c4c3Cl)CC21. The first kappa shape index (κ1) is 28.8. The Bertz CT molecular complexity index is 1190. The fourth-order valence-electron chi connectivity index (χ4n) is 5.69. The lowest BCUT2D eigenvalue weighted by Crippen LogP contribution is -2.45. The molecular formula is C29H41ClFN3O4. The summed E-state index contributed by atoms with van der Waals surface area (Å²) in [5.74, 6) is -1.68. The van der Waals surface area contributed by atoms with Crippen LogP contribution in [-0.2, 0) is 4.74 Å². The second-order valence-electron chi connectivity index (χ2n) is 11.0. The Kier molecular flexibility index (Phi) is 9.71. The minimum Gasteiger partial charge on any atom is -0.477 e. The van der Waals surface area contributed by atoms with E-state index in [1.54, 1.807) is 4.57 Å². The van der Waals surface area contributed by atoms with Crippen LogP contribution >= 0.6 is 11.6 Å². The maximum Gasteiger partial charge on any atom is 0.341 e. The van der Waals surface area contributed by atoms with E-state index in [0.717, 1.165) is 18.9 Å². The fraction of sp³-hybridized carbons (Fsp3) is 0.655. The van der Waals surface area contributed by atoms with Gasteiger partial charge in [-0.1, -0.05) is 70.4 Å². The van der Waals surface area contributed by atoms with Crippen LogP contribution in [0.25, 0.3) is 10.9 Å². The van der Waals surface area contributed by atoms with Gasteiger partial charge in [0, 0.05) is 37.3 Å². The molecule has 7 nitrogen and oxygen atoms in total. The third kappa shape index (κ3) is 6.18. The Morgan fingerprint density at radius 2 is 1.79 bits per heavy atom. The highest BCUT2D eigenvalue weighted by atomic mass is 35.5. The zero-order chi connectivity index (χ0) is 27.4. The van der Waals surface area contributed by atoms with Crippen LogP contribution in [-0.4, -0.2) is 60.1 Å². The molecule has 1 saturated carbocycles. The summed E-state index contributed by atoms with van der Waals surface area (Å²) in [6.07, 6.45) is 13.1. The summed E-state index contributed by atoms with van der Waals surface area (Å²) in [6.45, 7) is 6.92. The number of likely N-dealkylation sites (N-methyl/N-ethyl adjacent to an activating group) is 1. The molecule has 2 atom stereocenters. The molecule has 0 bridgehead atoms. The monoisotopic (exact) mass is 549 g/mol. The molecule has 210 valence electrons. The molecule has 1 N–H and O–H groups in total. The van der Waals surface area contributed by atoms with Gasteiger partial charge in [0.15, 0.2) is 0 Å². The molecule has 1 aliphatic carbocycles. The van der Waals surface area contributed by atoms with Crippen molar-refractivity contribution in [3.05, 3.63) is 38.9 Å². The minimum absolute atomic E-state index is 0.0140. The van der Waals surface area contributed by atoms with Crippen molar-refractivity contribution in [3.8, 4) is 0 Å². The van der Waals surface area contributed by atoms with E-state index in [-0.39, 0.29) is 39.7 Å². The second-order valence-corrected chi connectivity index (χ2v) is 11.4. The van der Waals surface area contributed by atoms with Gasteiger partial charge in [-0.15, -0.1) is 0 Å². The van der Waals surface area contributed by atoms with Crippen molar-refractivity contribution < 1.29 is 19.0 Å². The van der Waals surface area contributed by atoms with Gasteiger partial charge in [-0.3, -0.25) is 9.69 Å². The standard InChI is InChI=1S/C20H21ClFN3O4.C9H20/c1-23-9-29-8-10-5-24(7-15(10)23)18-14(22)4-12-17(16(18)21)25(11-2-3-11)6-13(19(12)26)20(27)28;1-3-5-7-9-8-6-4-2/h4,6,10-11,15H,2-3,5,7-9H2,1H3,(H,27,28);3-9H2,1-2H3. The number of hydrogen-bond donors (Lipinski definition) is 1. The number of benzene rings is 1. The normalized spacial score (nSPS) is 21.3. The van der Waals surface area contributed by atoms with Crippen molar-refractivity contribution in [2.75, 3.05) is 38.4 Å². The Morgan fingerprint density at radius 3 is 2.37 bits per heavy atom. The van der Waals surface area contributed by atoms with Gasteiger partial charge in [0.1, 0.15) is 11.4 Å². The summed E-state index contributed by atoms with van der Waals surface area (Å²) in [4.78, 5) is 28.2. The Hall–Kier alpha value is -2.16. The molecule has 5 rings (SSSR count). The van der Waals surface area contributed by atoms with Crippen molar-refractivity contribution in [1.29, 1.82) is 0 Å². The van der Waals surface area contributed by atoms with E-state index in [1.165, 1.54) is 51.1 Å². The average Bonchev–Trinajstić information content (AvgIpc) is 3.64. The Morgan fingerprint density at radius 1 is 1.13 bits per heavy atom. The molecule has 3 heterocycles. The number of aromatic nitrogens is 1. The molecular weight excluding hydrogens is 509 g/mol. The van der Waals surface area contributed by atoms with Gasteiger partial charge in [0.25, 0.3) is 0 Å². The van der Waals surface area contributed by atoms with E-state index in [4.69, 9.17) is 16.3 Å². The van der Waals surface area contributed by atoms with Crippen molar-refractivity contribution in [2.45, 2.75) is 83.7 Å². The number of pyridine rings is 1. The number of fused-ring (bicyclic) bond motifs is 2. The van der Waals surface area contributed by atoms with E-state index >= 15 is 4.39 Å². The molecule has 0 radical (unpaired) electrons. The zero-order valence-electron chi connectivity index (χ0n) is 22.8. The summed E-state index contributed by atoms with van der Waals surface area (Å²) in [7, 11) is 1.98. The van der Waals surface area contributed by atoms with Crippen LogP contribution in [0, 0.1) is 11.7 Å². The van der Waals surface area contributed by atoms with Gasteiger partial charge < -0.3 is 19.3 Å². The molecule has 38 heavy (non-hydrogen) atoms. The van der Waals surface area contributed by atoms with Crippen LogP contribution < -0.4 is 10.3 Å². The number of anilines is 1. The molecule has 2 aliphatic heterocycles. The first-order chi connectivity index (χ1) is 18.3. The summed E-state index contributed by atoms with van der Waals surface area (Å²) in [6, 6.07) is 1.47. The van der Waals surface area contributed by atoms with E-state index in [1.807, 2.05) is 11.9 Å². The van der Waals surface area contributed by atoms with Gasteiger partial charge in [-0.05, 0) is 26.0 Å². The summed E-state index contributed by atoms with van der Waals surface area (Å²) < 4.78 is 22.5. The lowest BCUT2D eigenvalue weighted by Gasteiger charge is -2.33. The van der Waals surface area contributed by atoms with Crippen molar-refractivity contribution in [1.82, 2.24) is 9.47 Å². The predicted octanol–water partition coefficient (Wildman–Crippen LogP) is 6.31. The summed E-state index contributed by atoms with van der Waals surface area (Å²) >= 11 is 6.71. The molecule has 1 aromatic carbocycles. The van der Waals surface area contributed by atoms with Crippen LogP contribution in [0.3, 0.4) is 0 Å². The number of nitrogens with zero attached hydrogens (tertiary/aromatic N) is 3. The Balaban J connectivity index is 0.000000323. The summed E-state index contributed by atoms with van der Waals surface area (Å²) in [5.41, 5.74) is -0.377. The number of carboxylic acids is 1. The molecule has 2 saturated heterocycles. The molecule has 3 aliphatic rings. The van der Waals surface area contributed by atoms with Crippen LogP contribution in [0.4, 0.5) is 10.1 Å². The summed E-state index contributed by atoms with van der Waals surface area (Å²) in [5, 5.41) is 9.58. The van der Waals surface area contributed by atoms with Crippen molar-refractivity contribution in [2.24, 2.45) is 5.92 Å². The number of carboxylic acid groups (broad SMARTS) is 1. The van der Waals surface area contributed by atoms with E-state index < -0.39 is 17.2 Å². The number of rotatable bonds is 9. The maximum absolute atomic E-state index is 15.2. The van der Waals surface area contributed by atoms with Crippen LogP contribution in [0.5, 0.6) is 0 Å². The van der Waals surface area contributed by atoms with E-state index in [0.29, 0.717) is 31.9 Å². The van der Waals surface area contributed by atoms with E-state index in [9.17, 15) is 14.7 Å². The smallest absolute Gasteiger partial charge is 0.341 e. The number of aromatic carboxylic acids is 1. The first-order valence-electron chi connectivity index (χ1n) is 14.1. The first-order valence-corrected chi connectivity index (χ1v) is 14.5. The van der Waals surface area contributed by atoms with E-state index in [2.05, 4.69) is 18.7 Å². The van der Waals surface area contributed by atoms with Crippen LogP contribution in [0.15, 0.2) is 17.1 Å². The third-order valence-corrected chi connectivity index (χ3v) is 8.34. The van der Waals surface area contributed by atoms with Crippen molar-refractivity contribution >= 4 is 34.2 Å². The topological polar surface area (TPSA) is 75.0 Å². The average molecular weight is 550 g/mol. The van der Waals surface area contributed by atoms with Gasteiger partial charge in [-0.25, -0.2) is 9.18 Å². The lowest BCUT2D eigenvalue weighted by molar-refractivity contribution is -0.0532. The molecule has 1 aromatic heterocycles. The number of unbranched alkanes of at least 4 members (excludes halogenated alkanes) is 6. The fourth-order valence-corrected chi connectivity index (χ4v) is 6.10. The highest BCUT2D eigenvalue weighted by Gasteiger charge is 2.40. The van der Waals surface area contributed by atoms with Crippen LogP contribution in [0.1, 0.15) is 88.0 Å². The number of ether oxygens (including phenoxy) is 1. The van der Waals surface area contributed by atoms with Gasteiger partial charge in [0.2, 0.25) is 5.43 Å². The molecule has 2 aromatic rings. The lowest BCUT2D eigenvalue weighted by atomic mass is 10.0. The molecule has 9 heteroatoms. The van der Waals surface area contributed by atoms with Crippen LogP contribution in [0.2, 0.25) is 5.02 Å². The highest BCUT2D eigenvalue weighted by molar-refractivity contribution is 6.38. The quantitative estimate of drug-likeness (QED) is 0.369. The number of hydrogen-bond acceptors (Lipinski definition) is 5. The number of carbonyl (C=O) groups is 1. The molecule has 2 unspecified atom stereocenters. The predicted molar refractivity (Wildman–Crippen MR) is 150 cm³/mol. The molecule has 0 amide bonds. The largest absolute Gasteiger partial charge is 0.477 e. The molecule has 0 spiro atoms. The highest BCUT2D eigenvalue weighted by Crippen LogP contribution is 2.43. The van der Waals surface area contributed by atoms with Crippen molar-refractivity contribution in [3.63, 3.8) is 0 Å². The van der Waals surface area contributed by atoms with Gasteiger partial charge >= 0.3 is 5.97 Å². The maximum atomic E-state index is 15.2. The molecule has 3 fully saturated rings. The Labute approximate surface area is 229 Å². The second kappa shape index (κ2) is 12.8. The van der Waals surface area contributed by atoms with Gasteiger partial charge in [0.05, 0.1) is 35.0 Å². The zero-order valence-corrected chi connectivity index (χ0v) is 23.6. The third-order valence-electron chi connectivity index (χ3n) is 7.98.